The molecule has 1 saturated heterocycles. The molecule has 2 heterocycles. The van der Waals surface area contributed by atoms with Gasteiger partial charge in [-0.25, -0.2) is 0 Å². The molecule has 1 amide bonds. The van der Waals surface area contributed by atoms with Crippen LogP contribution in [0.2, 0.25) is 0 Å². The molecule has 1 aromatic heterocycles. The van der Waals surface area contributed by atoms with Crippen molar-refractivity contribution >= 4 is 16.8 Å². The number of amides is 1. The van der Waals surface area contributed by atoms with E-state index in [9.17, 15) is 9.90 Å². The van der Waals surface area contributed by atoms with Crippen molar-refractivity contribution in [2.75, 3.05) is 19.6 Å². The normalized spacial score (nSPS) is 21.2. The van der Waals surface area contributed by atoms with Gasteiger partial charge in [-0.05, 0) is 37.5 Å². The Bertz CT molecular complexity index is 766. The number of aliphatic hydroxyl groups is 1. The fourth-order valence-corrected chi connectivity index (χ4v) is 3.59. The Hall–Kier alpha value is -1.98. The summed E-state index contributed by atoms with van der Waals surface area (Å²) < 4.78 is 0. The average Bonchev–Trinajstić information content (AvgIpc) is 3.35. The number of hydrogen-bond donors (Lipinski definition) is 2. The second-order valence-electron chi connectivity index (χ2n) is 7.25. The number of rotatable bonds is 5. The summed E-state index contributed by atoms with van der Waals surface area (Å²) >= 11 is 0. The molecule has 24 heavy (non-hydrogen) atoms. The van der Waals surface area contributed by atoms with Gasteiger partial charge in [-0.2, -0.15) is 0 Å². The highest BCUT2D eigenvalue weighted by Crippen LogP contribution is 2.48. The maximum Gasteiger partial charge on any atom is 0.230 e. The minimum Gasteiger partial charge on any atom is -0.390 e. The third kappa shape index (κ3) is 2.78. The van der Waals surface area contributed by atoms with Gasteiger partial charge in [0, 0.05) is 37.3 Å². The predicted molar refractivity (Wildman–Crippen MR) is 92.7 cm³/mol. The molecule has 1 aliphatic heterocycles. The van der Waals surface area contributed by atoms with E-state index in [-0.39, 0.29) is 18.1 Å². The molecule has 126 valence electrons. The number of fused-ring (bicyclic) bond motifs is 1. The lowest BCUT2D eigenvalue weighted by Gasteiger charge is -2.37. The monoisotopic (exact) mass is 325 g/mol. The molecule has 5 heteroatoms. The Morgan fingerprint density at radius 2 is 2.17 bits per heavy atom. The SMILES string of the molecule is C[C@@H](CN1CC(O)C1)NC(=O)C1(c2cnc3ccccc3c2)CC1. The number of para-hydroxylation sites is 1. The highest BCUT2D eigenvalue weighted by Gasteiger charge is 2.51. The number of nitrogens with zero attached hydrogens (tertiary/aromatic N) is 2. The zero-order valence-electron chi connectivity index (χ0n) is 13.9. The van der Waals surface area contributed by atoms with Crippen LogP contribution in [0.15, 0.2) is 36.5 Å². The number of aliphatic hydroxyl groups excluding tert-OH is 1. The Labute approximate surface area is 141 Å². The van der Waals surface area contributed by atoms with E-state index in [1.807, 2.05) is 37.4 Å². The van der Waals surface area contributed by atoms with Crippen molar-refractivity contribution in [3.8, 4) is 0 Å². The van der Waals surface area contributed by atoms with Crippen LogP contribution in [0.25, 0.3) is 10.9 Å². The minimum absolute atomic E-state index is 0.0795. The zero-order valence-corrected chi connectivity index (χ0v) is 13.9. The fraction of sp³-hybridized carbons (Fsp3) is 0.474. The first-order valence-electron chi connectivity index (χ1n) is 8.63. The lowest BCUT2D eigenvalue weighted by molar-refractivity contribution is -0.124. The number of nitrogens with one attached hydrogen (secondary N) is 1. The molecule has 1 aliphatic carbocycles. The Balaban J connectivity index is 1.46. The molecular formula is C19H23N3O2. The lowest BCUT2D eigenvalue weighted by atomic mass is 9.95. The van der Waals surface area contributed by atoms with Crippen molar-refractivity contribution in [3.63, 3.8) is 0 Å². The smallest absolute Gasteiger partial charge is 0.230 e. The van der Waals surface area contributed by atoms with E-state index in [1.54, 1.807) is 0 Å². The van der Waals surface area contributed by atoms with Gasteiger partial charge in [-0.1, -0.05) is 18.2 Å². The number of pyridine rings is 1. The number of benzene rings is 1. The van der Waals surface area contributed by atoms with Crippen molar-refractivity contribution in [2.45, 2.75) is 37.3 Å². The molecule has 2 aromatic rings. The predicted octanol–water partition coefficient (Wildman–Crippen LogP) is 1.45. The van der Waals surface area contributed by atoms with Crippen LogP contribution >= 0.6 is 0 Å². The molecule has 2 fully saturated rings. The third-order valence-electron chi connectivity index (χ3n) is 5.18. The molecule has 5 nitrogen and oxygen atoms in total. The van der Waals surface area contributed by atoms with Gasteiger partial charge in [-0.3, -0.25) is 14.7 Å². The summed E-state index contributed by atoms with van der Waals surface area (Å²) in [7, 11) is 0. The quantitative estimate of drug-likeness (QED) is 0.873. The van der Waals surface area contributed by atoms with Crippen molar-refractivity contribution in [1.82, 2.24) is 15.2 Å². The molecule has 0 radical (unpaired) electrons. The molecule has 0 spiro atoms. The molecular weight excluding hydrogens is 302 g/mol. The van der Waals surface area contributed by atoms with Gasteiger partial charge in [-0.15, -0.1) is 0 Å². The summed E-state index contributed by atoms with van der Waals surface area (Å²) in [4.78, 5) is 19.5. The summed E-state index contributed by atoms with van der Waals surface area (Å²) in [5.41, 5.74) is 1.58. The van der Waals surface area contributed by atoms with E-state index in [2.05, 4.69) is 21.3 Å². The Kier molecular flexibility index (Phi) is 3.77. The molecule has 1 atom stereocenters. The molecule has 2 aliphatic rings. The van der Waals surface area contributed by atoms with Gasteiger partial charge in [0.1, 0.15) is 0 Å². The van der Waals surface area contributed by atoms with Gasteiger partial charge in [0.15, 0.2) is 0 Å². The van der Waals surface area contributed by atoms with Gasteiger partial charge in [0.2, 0.25) is 5.91 Å². The van der Waals surface area contributed by atoms with Crippen LogP contribution < -0.4 is 5.32 Å². The van der Waals surface area contributed by atoms with E-state index >= 15 is 0 Å². The standard InChI is InChI=1S/C19H23N3O2/c1-13(10-22-11-16(23)12-22)21-18(24)19(6-7-19)15-8-14-4-2-3-5-17(14)20-9-15/h2-5,8-9,13,16,23H,6-7,10-12H2,1H3,(H,21,24)/t13-/m0/s1. The lowest BCUT2D eigenvalue weighted by Crippen LogP contribution is -2.55. The number of likely N-dealkylation sites (tertiary alicyclic amines) is 1. The van der Waals surface area contributed by atoms with Crippen LogP contribution in [0.3, 0.4) is 0 Å². The Morgan fingerprint density at radius 1 is 1.42 bits per heavy atom. The van der Waals surface area contributed by atoms with Gasteiger partial charge in [0.25, 0.3) is 0 Å². The van der Waals surface area contributed by atoms with Crippen molar-refractivity contribution in [3.05, 3.63) is 42.1 Å². The van der Waals surface area contributed by atoms with E-state index in [4.69, 9.17) is 0 Å². The summed E-state index contributed by atoms with van der Waals surface area (Å²) in [6.07, 6.45) is 3.42. The maximum absolute atomic E-state index is 12.8. The largest absolute Gasteiger partial charge is 0.390 e. The topological polar surface area (TPSA) is 65.5 Å². The molecule has 1 saturated carbocycles. The van der Waals surface area contributed by atoms with Crippen LogP contribution in [-0.2, 0) is 10.2 Å². The zero-order chi connectivity index (χ0) is 16.7. The van der Waals surface area contributed by atoms with Gasteiger partial charge in [0.05, 0.1) is 17.0 Å². The number of carbonyl (C=O) groups is 1. The second kappa shape index (κ2) is 5.83. The summed E-state index contributed by atoms with van der Waals surface area (Å²) in [5, 5.41) is 13.6. The van der Waals surface area contributed by atoms with Crippen LogP contribution in [0.1, 0.15) is 25.3 Å². The fourth-order valence-electron chi connectivity index (χ4n) is 3.59. The van der Waals surface area contributed by atoms with E-state index < -0.39 is 5.41 Å². The molecule has 2 N–H and O–H groups in total. The van der Waals surface area contributed by atoms with Crippen molar-refractivity contribution < 1.29 is 9.90 Å². The first kappa shape index (κ1) is 15.5. The Morgan fingerprint density at radius 3 is 2.88 bits per heavy atom. The number of aromatic nitrogens is 1. The summed E-state index contributed by atoms with van der Waals surface area (Å²) in [5.74, 6) is 0.105. The molecule has 4 rings (SSSR count). The minimum atomic E-state index is -0.403. The molecule has 0 unspecified atom stereocenters. The number of hydrogen-bond acceptors (Lipinski definition) is 4. The molecule has 0 bridgehead atoms. The third-order valence-corrected chi connectivity index (χ3v) is 5.18. The molecule has 1 aromatic carbocycles. The van der Waals surface area contributed by atoms with E-state index in [1.165, 1.54) is 0 Å². The average molecular weight is 325 g/mol. The van der Waals surface area contributed by atoms with E-state index in [0.29, 0.717) is 13.1 Å². The van der Waals surface area contributed by atoms with Crippen LogP contribution in [-0.4, -0.2) is 52.7 Å². The first-order chi connectivity index (χ1) is 11.6. The highest BCUT2D eigenvalue weighted by atomic mass is 16.3. The van der Waals surface area contributed by atoms with Crippen LogP contribution in [0.4, 0.5) is 0 Å². The van der Waals surface area contributed by atoms with E-state index in [0.717, 1.165) is 35.9 Å². The van der Waals surface area contributed by atoms with Crippen LogP contribution in [0.5, 0.6) is 0 Å². The second-order valence-corrected chi connectivity index (χ2v) is 7.25. The summed E-state index contributed by atoms with van der Waals surface area (Å²) in [6, 6.07) is 10.2. The van der Waals surface area contributed by atoms with Crippen molar-refractivity contribution in [1.29, 1.82) is 0 Å². The van der Waals surface area contributed by atoms with Crippen LogP contribution in [0, 0.1) is 0 Å². The number of carbonyl (C=O) groups excluding carboxylic acids is 1. The first-order valence-corrected chi connectivity index (χ1v) is 8.63. The number of β-amino-alcohol motifs (C(OH)–C–C–N with tert-alkyl or cyclic N) is 1. The highest BCUT2D eigenvalue weighted by molar-refractivity contribution is 5.92. The summed E-state index contributed by atoms with van der Waals surface area (Å²) in [6.45, 7) is 4.23. The maximum atomic E-state index is 12.8. The van der Waals surface area contributed by atoms with Crippen molar-refractivity contribution in [2.24, 2.45) is 0 Å². The van der Waals surface area contributed by atoms with Gasteiger partial charge >= 0.3 is 0 Å². The van der Waals surface area contributed by atoms with Gasteiger partial charge < -0.3 is 10.4 Å².